The summed E-state index contributed by atoms with van der Waals surface area (Å²) in [5.41, 5.74) is 3.25. The van der Waals surface area contributed by atoms with Crippen LogP contribution in [0.15, 0.2) is 42.0 Å². The van der Waals surface area contributed by atoms with E-state index in [1.807, 2.05) is 0 Å². The third-order valence-corrected chi connectivity index (χ3v) is 4.30. The molecule has 1 fully saturated rings. The summed E-state index contributed by atoms with van der Waals surface area (Å²) in [7, 11) is 0. The normalized spacial score (nSPS) is 18.5. The van der Waals surface area contributed by atoms with Crippen LogP contribution in [0, 0.1) is 0 Å². The first-order valence-electron chi connectivity index (χ1n) is 7.63. The first-order chi connectivity index (χ1) is 9.19. The van der Waals surface area contributed by atoms with E-state index in [1.165, 1.54) is 36.8 Å². The summed E-state index contributed by atoms with van der Waals surface area (Å²) in [4.78, 5) is 0. The maximum Gasteiger partial charge on any atom is 0.0349 e. The standard InChI is InChI=1S/C18H27N/c1-4-13-19-17(14-15(2)3)18(11-8-12-18)16-9-6-5-7-10-16/h5-7,9-10,14,17,19H,4,8,11-13H2,1-3H3. The summed E-state index contributed by atoms with van der Waals surface area (Å²) in [6.07, 6.45) is 7.60. The fraction of sp³-hybridized carbons (Fsp3) is 0.556. The van der Waals surface area contributed by atoms with Gasteiger partial charge in [-0.2, -0.15) is 0 Å². The highest BCUT2D eigenvalue weighted by atomic mass is 14.9. The van der Waals surface area contributed by atoms with Crippen molar-refractivity contribution in [2.45, 2.75) is 57.9 Å². The Morgan fingerprint density at radius 3 is 2.42 bits per heavy atom. The zero-order valence-electron chi connectivity index (χ0n) is 12.6. The largest absolute Gasteiger partial charge is 0.310 e. The number of hydrogen-bond acceptors (Lipinski definition) is 1. The van der Waals surface area contributed by atoms with Crippen LogP contribution in [0.25, 0.3) is 0 Å². The molecule has 104 valence electrons. The second-order valence-electron chi connectivity index (χ2n) is 6.05. The molecule has 1 aromatic carbocycles. The maximum absolute atomic E-state index is 3.77. The molecule has 1 saturated carbocycles. The van der Waals surface area contributed by atoms with Gasteiger partial charge in [0.15, 0.2) is 0 Å². The summed E-state index contributed by atoms with van der Waals surface area (Å²) in [6, 6.07) is 11.6. The van der Waals surface area contributed by atoms with E-state index in [9.17, 15) is 0 Å². The molecule has 0 heterocycles. The van der Waals surface area contributed by atoms with Crippen molar-refractivity contribution >= 4 is 0 Å². The van der Waals surface area contributed by atoms with Crippen molar-refractivity contribution in [3.8, 4) is 0 Å². The monoisotopic (exact) mass is 257 g/mol. The fourth-order valence-corrected chi connectivity index (χ4v) is 3.15. The van der Waals surface area contributed by atoms with Crippen molar-refractivity contribution < 1.29 is 0 Å². The molecule has 0 spiro atoms. The van der Waals surface area contributed by atoms with Crippen LogP contribution < -0.4 is 5.32 Å². The number of allylic oxidation sites excluding steroid dienone is 1. The molecule has 0 aromatic heterocycles. The molecule has 0 radical (unpaired) electrons. The summed E-state index contributed by atoms with van der Waals surface area (Å²) in [5, 5.41) is 3.77. The third kappa shape index (κ3) is 3.09. The van der Waals surface area contributed by atoms with Crippen molar-refractivity contribution in [1.82, 2.24) is 5.32 Å². The SMILES string of the molecule is CCCNC(C=C(C)C)C1(c2ccccc2)CCC1. The molecule has 0 bridgehead atoms. The minimum absolute atomic E-state index is 0.327. The Hall–Kier alpha value is -1.08. The first kappa shape index (κ1) is 14.3. The van der Waals surface area contributed by atoms with Gasteiger partial charge < -0.3 is 5.32 Å². The van der Waals surface area contributed by atoms with Gasteiger partial charge in [0, 0.05) is 11.5 Å². The Kier molecular flexibility index (Phi) is 4.81. The van der Waals surface area contributed by atoms with Crippen molar-refractivity contribution in [2.75, 3.05) is 6.54 Å². The van der Waals surface area contributed by atoms with Gasteiger partial charge in [0.05, 0.1) is 0 Å². The maximum atomic E-state index is 3.77. The van der Waals surface area contributed by atoms with Crippen LogP contribution >= 0.6 is 0 Å². The van der Waals surface area contributed by atoms with Crippen molar-refractivity contribution in [2.24, 2.45) is 0 Å². The molecule has 1 heteroatoms. The summed E-state index contributed by atoms with van der Waals surface area (Å²) in [6.45, 7) is 7.75. The highest BCUT2D eigenvalue weighted by Gasteiger charge is 2.44. The quantitative estimate of drug-likeness (QED) is 0.743. The molecule has 0 aliphatic heterocycles. The molecule has 1 N–H and O–H groups in total. The molecule has 2 rings (SSSR count). The van der Waals surface area contributed by atoms with Crippen molar-refractivity contribution in [1.29, 1.82) is 0 Å². The van der Waals surface area contributed by atoms with Gasteiger partial charge in [-0.05, 0) is 45.2 Å². The molecule has 1 unspecified atom stereocenters. The van der Waals surface area contributed by atoms with Crippen LogP contribution in [-0.4, -0.2) is 12.6 Å². The predicted molar refractivity (Wildman–Crippen MR) is 83.5 cm³/mol. The Bertz CT molecular complexity index is 411. The average Bonchev–Trinajstić information content (AvgIpc) is 2.35. The lowest BCUT2D eigenvalue weighted by Gasteiger charge is -2.48. The number of benzene rings is 1. The summed E-state index contributed by atoms with van der Waals surface area (Å²) in [5.74, 6) is 0. The Morgan fingerprint density at radius 1 is 1.26 bits per heavy atom. The molecule has 1 aliphatic rings. The topological polar surface area (TPSA) is 12.0 Å². The molecule has 19 heavy (non-hydrogen) atoms. The minimum Gasteiger partial charge on any atom is -0.310 e. The zero-order valence-corrected chi connectivity index (χ0v) is 12.6. The van der Waals surface area contributed by atoms with E-state index in [-0.39, 0.29) is 0 Å². The molecular weight excluding hydrogens is 230 g/mol. The van der Waals surface area contributed by atoms with E-state index in [2.05, 4.69) is 62.5 Å². The minimum atomic E-state index is 0.327. The van der Waals surface area contributed by atoms with E-state index in [4.69, 9.17) is 0 Å². The Balaban J connectivity index is 2.28. The second kappa shape index (κ2) is 6.38. The average molecular weight is 257 g/mol. The van der Waals surface area contributed by atoms with Gasteiger partial charge in [0.25, 0.3) is 0 Å². The predicted octanol–water partition coefficient (Wildman–Crippen LogP) is 4.44. The lowest BCUT2D eigenvalue weighted by atomic mass is 9.60. The van der Waals surface area contributed by atoms with Gasteiger partial charge in [-0.25, -0.2) is 0 Å². The molecule has 1 aliphatic carbocycles. The van der Waals surface area contributed by atoms with Gasteiger partial charge in [0.2, 0.25) is 0 Å². The zero-order chi connectivity index (χ0) is 13.7. The lowest BCUT2D eigenvalue weighted by molar-refractivity contribution is 0.195. The van der Waals surface area contributed by atoms with Crippen LogP contribution in [-0.2, 0) is 5.41 Å². The third-order valence-electron chi connectivity index (χ3n) is 4.30. The highest BCUT2D eigenvalue weighted by Crippen LogP contribution is 2.47. The fourth-order valence-electron chi connectivity index (χ4n) is 3.15. The summed E-state index contributed by atoms with van der Waals surface area (Å²) < 4.78 is 0. The van der Waals surface area contributed by atoms with Gasteiger partial charge in [-0.1, -0.05) is 55.3 Å². The van der Waals surface area contributed by atoms with Crippen molar-refractivity contribution in [3.05, 3.63) is 47.5 Å². The molecule has 0 amide bonds. The van der Waals surface area contributed by atoms with Gasteiger partial charge in [0.1, 0.15) is 0 Å². The Labute approximate surface area is 118 Å². The van der Waals surface area contributed by atoms with Crippen LogP contribution in [0.3, 0.4) is 0 Å². The molecule has 0 saturated heterocycles. The van der Waals surface area contributed by atoms with Crippen molar-refractivity contribution in [3.63, 3.8) is 0 Å². The number of rotatable bonds is 6. The highest BCUT2D eigenvalue weighted by molar-refractivity contribution is 5.33. The van der Waals surface area contributed by atoms with Gasteiger partial charge in [-0.3, -0.25) is 0 Å². The Morgan fingerprint density at radius 2 is 1.95 bits per heavy atom. The van der Waals surface area contributed by atoms with Crippen LogP contribution in [0.4, 0.5) is 0 Å². The molecule has 1 atom stereocenters. The van der Waals surface area contributed by atoms with E-state index in [0.29, 0.717) is 11.5 Å². The summed E-state index contributed by atoms with van der Waals surface area (Å²) >= 11 is 0. The van der Waals surface area contributed by atoms with E-state index in [0.717, 1.165) is 6.54 Å². The number of nitrogens with one attached hydrogen (secondary N) is 1. The molecular formula is C18H27N. The van der Waals surface area contributed by atoms with E-state index >= 15 is 0 Å². The van der Waals surface area contributed by atoms with Crippen LogP contribution in [0.5, 0.6) is 0 Å². The van der Waals surface area contributed by atoms with Gasteiger partial charge >= 0.3 is 0 Å². The van der Waals surface area contributed by atoms with E-state index in [1.54, 1.807) is 0 Å². The van der Waals surface area contributed by atoms with E-state index < -0.39 is 0 Å². The molecule has 1 aromatic rings. The lowest BCUT2D eigenvalue weighted by Crippen LogP contribution is -2.52. The first-order valence-corrected chi connectivity index (χ1v) is 7.63. The van der Waals surface area contributed by atoms with Gasteiger partial charge in [-0.15, -0.1) is 0 Å². The van der Waals surface area contributed by atoms with Crippen LogP contribution in [0.2, 0.25) is 0 Å². The number of hydrogen-bond donors (Lipinski definition) is 1. The smallest absolute Gasteiger partial charge is 0.0349 e. The van der Waals surface area contributed by atoms with Crippen LogP contribution in [0.1, 0.15) is 52.0 Å². The second-order valence-corrected chi connectivity index (χ2v) is 6.05. The molecule has 1 nitrogen and oxygen atoms in total.